The number of hydrogen-bond donors (Lipinski definition) is 1. The molecular formula is C19H22FNO3. The lowest BCUT2D eigenvalue weighted by Gasteiger charge is -2.15. The normalized spacial score (nSPS) is 17.0. The molecule has 0 amide bonds. The second-order valence-corrected chi connectivity index (χ2v) is 5.80. The highest BCUT2D eigenvalue weighted by atomic mass is 19.1. The van der Waals surface area contributed by atoms with Gasteiger partial charge in [0.1, 0.15) is 5.82 Å². The topological polar surface area (TPSA) is 39.7 Å². The number of benzene rings is 2. The van der Waals surface area contributed by atoms with Crippen molar-refractivity contribution < 1.29 is 18.6 Å². The molecule has 2 aromatic rings. The Kier molecular flexibility index (Phi) is 5.33. The Bertz CT molecular complexity index is 699. The van der Waals surface area contributed by atoms with Gasteiger partial charge in [0.05, 0.1) is 26.9 Å². The molecule has 1 saturated heterocycles. The van der Waals surface area contributed by atoms with Crippen LogP contribution >= 0.6 is 0 Å². The largest absolute Gasteiger partial charge is 0.493 e. The number of nitrogens with one attached hydrogen (secondary N) is 1. The first-order valence-corrected chi connectivity index (χ1v) is 8.04. The lowest BCUT2D eigenvalue weighted by Crippen LogP contribution is -2.16. The standard InChI is InChI=1S/C19H22FNO3/c1-22-18-6-3-13(10-19(18)23-2)17-5-4-15(20)9-14(17)12-24-16-7-8-21-11-16/h3-6,9-10,16,21H,7-8,11-12H2,1-2H3/t16-/m0/s1. The van der Waals surface area contributed by atoms with E-state index in [0.717, 1.165) is 36.2 Å². The number of methoxy groups -OCH3 is 2. The van der Waals surface area contributed by atoms with Gasteiger partial charge in [0, 0.05) is 6.54 Å². The molecular weight excluding hydrogens is 309 g/mol. The quantitative estimate of drug-likeness (QED) is 0.881. The predicted molar refractivity (Wildman–Crippen MR) is 91.0 cm³/mol. The van der Waals surface area contributed by atoms with Crippen LogP contribution in [0.4, 0.5) is 4.39 Å². The van der Waals surface area contributed by atoms with Crippen molar-refractivity contribution >= 4 is 0 Å². The lowest BCUT2D eigenvalue weighted by atomic mass is 9.99. The van der Waals surface area contributed by atoms with E-state index in [4.69, 9.17) is 14.2 Å². The smallest absolute Gasteiger partial charge is 0.161 e. The van der Waals surface area contributed by atoms with E-state index in [1.54, 1.807) is 20.3 Å². The summed E-state index contributed by atoms with van der Waals surface area (Å²) in [6, 6.07) is 10.5. The SMILES string of the molecule is COc1ccc(-c2ccc(F)cc2CO[C@H]2CCNC2)cc1OC. The summed E-state index contributed by atoms with van der Waals surface area (Å²) in [6.07, 6.45) is 1.17. The molecule has 0 aromatic heterocycles. The summed E-state index contributed by atoms with van der Waals surface area (Å²) in [6.45, 7) is 2.20. The molecule has 5 heteroatoms. The Balaban J connectivity index is 1.89. The van der Waals surface area contributed by atoms with Gasteiger partial charge in [0.25, 0.3) is 0 Å². The zero-order valence-corrected chi connectivity index (χ0v) is 14.0. The third-order valence-corrected chi connectivity index (χ3v) is 4.25. The van der Waals surface area contributed by atoms with Gasteiger partial charge in [0.2, 0.25) is 0 Å². The van der Waals surface area contributed by atoms with Crippen LogP contribution in [0.15, 0.2) is 36.4 Å². The highest BCUT2D eigenvalue weighted by molar-refractivity contribution is 5.70. The molecule has 0 aliphatic carbocycles. The fraction of sp³-hybridized carbons (Fsp3) is 0.368. The average Bonchev–Trinajstić information content (AvgIpc) is 3.13. The molecule has 0 radical (unpaired) electrons. The Morgan fingerprint density at radius 2 is 1.92 bits per heavy atom. The molecule has 0 unspecified atom stereocenters. The molecule has 0 bridgehead atoms. The molecule has 24 heavy (non-hydrogen) atoms. The van der Waals surface area contributed by atoms with E-state index in [1.807, 2.05) is 18.2 Å². The van der Waals surface area contributed by atoms with Gasteiger partial charge in [-0.25, -0.2) is 4.39 Å². The van der Waals surface area contributed by atoms with E-state index in [-0.39, 0.29) is 11.9 Å². The van der Waals surface area contributed by atoms with E-state index < -0.39 is 0 Å². The highest BCUT2D eigenvalue weighted by Gasteiger charge is 2.16. The van der Waals surface area contributed by atoms with Gasteiger partial charge in [-0.3, -0.25) is 0 Å². The third kappa shape index (κ3) is 3.68. The Morgan fingerprint density at radius 1 is 1.08 bits per heavy atom. The number of rotatable bonds is 6. The van der Waals surface area contributed by atoms with E-state index in [9.17, 15) is 4.39 Å². The third-order valence-electron chi connectivity index (χ3n) is 4.25. The summed E-state index contributed by atoms with van der Waals surface area (Å²) in [5.41, 5.74) is 2.70. The summed E-state index contributed by atoms with van der Waals surface area (Å²) < 4.78 is 30.3. The van der Waals surface area contributed by atoms with Crippen molar-refractivity contribution in [3.05, 3.63) is 47.8 Å². The van der Waals surface area contributed by atoms with Crippen molar-refractivity contribution in [1.29, 1.82) is 0 Å². The predicted octanol–water partition coefficient (Wildman–Crippen LogP) is 3.39. The second-order valence-electron chi connectivity index (χ2n) is 5.80. The Hall–Kier alpha value is -2.11. The molecule has 1 aliphatic heterocycles. The highest BCUT2D eigenvalue weighted by Crippen LogP contribution is 2.34. The van der Waals surface area contributed by atoms with Crippen molar-refractivity contribution in [2.75, 3.05) is 27.3 Å². The fourth-order valence-electron chi connectivity index (χ4n) is 2.95. The molecule has 1 aliphatic rings. The minimum atomic E-state index is -0.262. The lowest BCUT2D eigenvalue weighted by molar-refractivity contribution is 0.0543. The summed E-state index contributed by atoms with van der Waals surface area (Å²) >= 11 is 0. The van der Waals surface area contributed by atoms with Gasteiger partial charge in [-0.05, 0) is 53.9 Å². The maximum absolute atomic E-state index is 13.7. The molecule has 0 spiro atoms. The maximum Gasteiger partial charge on any atom is 0.161 e. The molecule has 3 rings (SSSR count). The van der Waals surface area contributed by atoms with Gasteiger partial charge in [-0.15, -0.1) is 0 Å². The van der Waals surface area contributed by atoms with Crippen LogP contribution < -0.4 is 14.8 Å². The summed E-state index contributed by atoms with van der Waals surface area (Å²) in [5.74, 6) is 1.05. The van der Waals surface area contributed by atoms with Crippen LogP contribution in [0.1, 0.15) is 12.0 Å². The molecule has 2 aromatic carbocycles. The van der Waals surface area contributed by atoms with Gasteiger partial charge >= 0.3 is 0 Å². The first kappa shape index (κ1) is 16.7. The van der Waals surface area contributed by atoms with Crippen molar-refractivity contribution in [3.8, 4) is 22.6 Å². The van der Waals surface area contributed by atoms with Crippen LogP contribution in [0.2, 0.25) is 0 Å². The molecule has 1 atom stereocenters. The van der Waals surface area contributed by atoms with Crippen molar-refractivity contribution in [1.82, 2.24) is 5.32 Å². The van der Waals surface area contributed by atoms with Crippen LogP contribution in [-0.4, -0.2) is 33.4 Å². The van der Waals surface area contributed by atoms with Gasteiger partial charge in [-0.1, -0.05) is 12.1 Å². The fourth-order valence-corrected chi connectivity index (χ4v) is 2.95. The van der Waals surface area contributed by atoms with E-state index in [1.165, 1.54) is 12.1 Å². The zero-order chi connectivity index (χ0) is 16.9. The molecule has 128 valence electrons. The molecule has 1 fully saturated rings. The van der Waals surface area contributed by atoms with Crippen LogP contribution in [0.5, 0.6) is 11.5 Å². The van der Waals surface area contributed by atoms with E-state index in [2.05, 4.69) is 5.32 Å². The minimum absolute atomic E-state index is 0.187. The molecule has 1 heterocycles. The van der Waals surface area contributed by atoms with Crippen LogP contribution in [-0.2, 0) is 11.3 Å². The monoisotopic (exact) mass is 331 g/mol. The number of halogens is 1. The van der Waals surface area contributed by atoms with E-state index >= 15 is 0 Å². The van der Waals surface area contributed by atoms with Crippen molar-refractivity contribution in [3.63, 3.8) is 0 Å². The van der Waals surface area contributed by atoms with Crippen molar-refractivity contribution in [2.24, 2.45) is 0 Å². The second kappa shape index (κ2) is 7.64. The average molecular weight is 331 g/mol. The molecule has 4 nitrogen and oxygen atoms in total. The zero-order valence-electron chi connectivity index (χ0n) is 14.0. The summed E-state index contributed by atoms with van der Waals surface area (Å²) in [7, 11) is 3.20. The summed E-state index contributed by atoms with van der Waals surface area (Å²) in [4.78, 5) is 0. The Morgan fingerprint density at radius 3 is 2.62 bits per heavy atom. The number of ether oxygens (including phenoxy) is 3. The van der Waals surface area contributed by atoms with E-state index in [0.29, 0.717) is 18.1 Å². The Labute approximate surface area is 141 Å². The van der Waals surface area contributed by atoms with Crippen LogP contribution in [0.3, 0.4) is 0 Å². The first-order valence-electron chi connectivity index (χ1n) is 8.04. The molecule has 1 N–H and O–H groups in total. The number of hydrogen-bond acceptors (Lipinski definition) is 4. The summed E-state index contributed by atoms with van der Waals surface area (Å²) in [5, 5.41) is 3.26. The van der Waals surface area contributed by atoms with Gasteiger partial charge in [0.15, 0.2) is 11.5 Å². The first-order chi connectivity index (χ1) is 11.7. The van der Waals surface area contributed by atoms with Crippen molar-refractivity contribution in [2.45, 2.75) is 19.1 Å². The van der Waals surface area contributed by atoms with Crippen LogP contribution in [0.25, 0.3) is 11.1 Å². The van der Waals surface area contributed by atoms with Crippen LogP contribution in [0, 0.1) is 5.82 Å². The molecule has 0 saturated carbocycles. The maximum atomic E-state index is 13.7. The van der Waals surface area contributed by atoms with Gasteiger partial charge < -0.3 is 19.5 Å². The minimum Gasteiger partial charge on any atom is -0.493 e. The van der Waals surface area contributed by atoms with Gasteiger partial charge in [-0.2, -0.15) is 0 Å².